The summed E-state index contributed by atoms with van der Waals surface area (Å²) in [7, 11) is 1.57. The van der Waals surface area contributed by atoms with Crippen LogP contribution in [-0.4, -0.2) is 19.6 Å². The lowest BCUT2D eigenvalue weighted by Gasteiger charge is -2.32. The van der Waals surface area contributed by atoms with Gasteiger partial charge in [-0.25, -0.2) is 0 Å². The Labute approximate surface area is 150 Å². The fourth-order valence-electron chi connectivity index (χ4n) is 3.35. The molecule has 0 saturated carbocycles. The third kappa shape index (κ3) is 3.54. The summed E-state index contributed by atoms with van der Waals surface area (Å²) in [6.45, 7) is 2.58. The van der Waals surface area contributed by atoms with E-state index in [2.05, 4.69) is 0 Å². The Hall–Kier alpha value is -2.50. The fraction of sp³-hybridized carbons (Fsp3) is 0.350. The minimum atomic E-state index is -4.38. The highest BCUT2D eigenvalue weighted by Gasteiger charge is 2.30. The Morgan fingerprint density at radius 1 is 1.15 bits per heavy atom. The Morgan fingerprint density at radius 3 is 2.46 bits per heavy atom. The Bertz CT molecular complexity index is 813. The van der Waals surface area contributed by atoms with E-state index in [9.17, 15) is 18.0 Å². The maximum absolute atomic E-state index is 12.8. The second-order valence-corrected chi connectivity index (χ2v) is 6.43. The van der Waals surface area contributed by atoms with Crippen LogP contribution in [0.5, 0.6) is 5.75 Å². The van der Waals surface area contributed by atoms with Crippen LogP contribution < -0.4 is 9.64 Å². The van der Waals surface area contributed by atoms with E-state index in [0.717, 1.165) is 41.8 Å². The molecule has 3 nitrogen and oxygen atoms in total. The van der Waals surface area contributed by atoms with E-state index in [-0.39, 0.29) is 12.3 Å². The average molecular weight is 363 g/mol. The number of carbonyl (C=O) groups is 1. The highest BCUT2D eigenvalue weighted by molar-refractivity contribution is 5.97. The van der Waals surface area contributed by atoms with Gasteiger partial charge in [-0.3, -0.25) is 4.79 Å². The van der Waals surface area contributed by atoms with Crippen LogP contribution in [0.25, 0.3) is 0 Å². The minimum absolute atomic E-state index is 0.0503. The summed E-state index contributed by atoms with van der Waals surface area (Å²) in [5.74, 6) is 0.501. The zero-order valence-corrected chi connectivity index (χ0v) is 14.7. The van der Waals surface area contributed by atoms with Crippen LogP contribution in [0.3, 0.4) is 0 Å². The number of hydrogen-bond acceptors (Lipinski definition) is 2. The molecule has 0 atom stereocenters. The third-order valence-electron chi connectivity index (χ3n) is 4.72. The van der Waals surface area contributed by atoms with Crippen molar-refractivity contribution in [1.82, 2.24) is 0 Å². The van der Waals surface area contributed by atoms with E-state index >= 15 is 0 Å². The number of ether oxygens (including phenoxy) is 1. The molecule has 0 fully saturated rings. The summed E-state index contributed by atoms with van der Waals surface area (Å²) in [6, 6.07) is 8.56. The van der Waals surface area contributed by atoms with Crippen molar-refractivity contribution >= 4 is 11.6 Å². The van der Waals surface area contributed by atoms with Crippen LogP contribution >= 0.6 is 0 Å². The van der Waals surface area contributed by atoms with Gasteiger partial charge < -0.3 is 9.64 Å². The molecule has 1 aliphatic heterocycles. The van der Waals surface area contributed by atoms with Gasteiger partial charge in [0, 0.05) is 6.54 Å². The highest BCUT2D eigenvalue weighted by atomic mass is 19.4. The monoisotopic (exact) mass is 363 g/mol. The summed E-state index contributed by atoms with van der Waals surface area (Å²) >= 11 is 0. The summed E-state index contributed by atoms with van der Waals surface area (Å²) in [6.07, 6.45) is -2.60. The average Bonchev–Trinajstić information content (AvgIpc) is 2.61. The third-order valence-corrected chi connectivity index (χ3v) is 4.72. The number of alkyl halides is 3. The van der Waals surface area contributed by atoms with Crippen molar-refractivity contribution < 1.29 is 22.7 Å². The number of anilines is 1. The quantitative estimate of drug-likeness (QED) is 0.801. The number of benzene rings is 2. The lowest BCUT2D eigenvalue weighted by Crippen LogP contribution is -2.37. The van der Waals surface area contributed by atoms with E-state index in [0.29, 0.717) is 17.9 Å². The smallest absolute Gasteiger partial charge is 0.416 e. The number of hydrogen-bond donors (Lipinski definition) is 0. The zero-order chi connectivity index (χ0) is 18.9. The molecule has 0 saturated heterocycles. The predicted octanol–water partition coefficient (Wildman–Crippen LogP) is 4.54. The van der Waals surface area contributed by atoms with Gasteiger partial charge in [-0.05, 0) is 54.7 Å². The molecule has 0 unspecified atom stereocenters. The molecule has 2 aromatic carbocycles. The van der Waals surface area contributed by atoms with E-state index in [4.69, 9.17) is 4.74 Å². The van der Waals surface area contributed by atoms with Gasteiger partial charge in [0.05, 0.1) is 24.8 Å². The van der Waals surface area contributed by atoms with Crippen LogP contribution in [0.2, 0.25) is 0 Å². The molecule has 0 radical (unpaired) electrons. The van der Waals surface area contributed by atoms with Crippen LogP contribution in [-0.2, 0) is 23.8 Å². The molecule has 1 aliphatic rings. The predicted molar refractivity (Wildman–Crippen MR) is 93.6 cm³/mol. The molecule has 0 spiro atoms. The molecule has 138 valence electrons. The van der Waals surface area contributed by atoms with Crippen LogP contribution in [0, 0.1) is 6.92 Å². The van der Waals surface area contributed by atoms with E-state index in [1.165, 1.54) is 12.1 Å². The maximum Gasteiger partial charge on any atom is 0.416 e. The molecule has 0 aromatic heterocycles. The number of halogens is 3. The lowest BCUT2D eigenvalue weighted by atomic mass is 9.95. The molecular weight excluding hydrogens is 343 g/mol. The molecule has 26 heavy (non-hydrogen) atoms. The van der Waals surface area contributed by atoms with Gasteiger partial charge >= 0.3 is 6.18 Å². The highest BCUT2D eigenvalue weighted by Crippen LogP contribution is 2.38. The number of amides is 1. The van der Waals surface area contributed by atoms with Gasteiger partial charge in [-0.1, -0.05) is 18.2 Å². The van der Waals surface area contributed by atoms with Crippen molar-refractivity contribution in [2.45, 2.75) is 32.4 Å². The van der Waals surface area contributed by atoms with Crippen molar-refractivity contribution in [1.29, 1.82) is 0 Å². The van der Waals surface area contributed by atoms with Crippen LogP contribution in [0.1, 0.15) is 28.7 Å². The van der Waals surface area contributed by atoms with Gasteiger partial charge in [0.1, 0.15) is 5.75 Å². The van der Waals surface area contributed by atoms with Gasteiger partial charge in [0.15, 0.2) is 0 Å². The van der Waals surface area contributed by atoms with Crippen LogP contribution in [0.15, 0.2) is 36.4 Å². The molecule has 2 aromatic rings. The molecule has 0 bridgehead atoms. The van der Waals surface area contributed by atoms with Crippen molar-refractivity contribution in [2.75, 3.05) is 18.6 Å². The van der Waals surface area contributed by atoms with E-state index in [1.54, 1.807) is 12.0 Å². The topological polar surface area (TPSA) is 29.5 Å². The number of fused-ring (bicyclic) bond motifs is 1. The van der Waals surface area contributed by atoms with Gasteiger partial charge in [0.25, 0.3) is 0 Å². The minimum Gasteiger partial charge on any atom is -0.495 e. The number of nitrogens with zero attached hydrogens (tertiary/aromatic N) is 1. The van der Waals surface area contributed by atoms with Crippen molar-refractivity contribution in [3.63, 3.8) is 0 Å². The van der Waals surface area contributed by atoms with Gasteiger partial charge in [-0.15, -0.1) is 0 Å². The largest absolute Gasteiger partial charge is 0.495 e. The second kappa shape index (κ2) is 7.02. The van der Waals surface area contributed by atoms with Gasteiger partial charge in [-0.2, -0.15) is 13.2 Å². The molecule has 1 heterocycles. The molecule has 0 aliphatic carbocycles. The Kier molecular flexibility index (Phi) is 4.94. The second-order valence-electron chi connectivity index (χ2n) is 6.43. The summed E-state index contributed by atoms with van der Waals surface area (Å²) < 4.78 is 43.4. The van der Waals surface area contributed by atoms with Crippen molar-refractivity contribution in [3.05, 3.63) is 58.7 Å². The fourth-order valence-corrected chi connectivity index (χ4v) is 3.35. The Morgan fingerprint density at radius 2 is 1.85 bits per heavy atom. The first kappa shape index (κ1) is 18.3. The standard InChI is InChI=1S/C20H20F3NO2/c1-13-5-10-17(26-2)19-16(13)4-3-11-24(19)18(25)12-14-6-8-15(9-7-14)20(21,22)23/h5-10H,3-4,11-12H2,1-2H3. The summed E-state index contributed by atoms with van der Waals surface area (Å²) in [5.41, 5.74) is 2.83. The maximum atomic E-state index is 12.8. The van der Waals surface area contributed by atoms with Crippen molar-refractivity contribution in [3.8, 4) is 5.75 Å². The first-order valence-electron chi connectivity index (χ1n) is 8.44. The summed E-state index contributed by atoms with van der Waals surface area (Å²) in [5, 5.41) is 0. The van der Waals surface area contributed by atoms with E-state index in [1.807, 2.05) is 19.1 Å². The number of methoxy groups -OCH3 is 1. The number of rotatable bonds is 3. The SMILES string of the molecule is COc1ccc(C)c2c1N(C(=O)Cc1ccc(C(F)(F)F)cc1)CCC2. The first-order valence-corrected chi connectivity index (χ1v) is 8.44. The molecule has 6 heteroatoms. The van der Waals surface area contributed by atoms with E-state index < -0.39 is 11.7 Å². The van der Waals surface area contributed by atoms with Gasteiger partial charge in [0.2, 0.25) is 5.91 Å². The number of carbonyl (C=O) groups excluding carboxylic acids is 1. The normalized spacial score (nSPS) is 14.1. The molecule has 3 rings (SSSR count). The zero-order valence-electron chi connectivity index (χ0n) is 14.7. The molecule has 1 amide bonds. The number of aryl methyl sites for hydroxylation is 1. The van der Waals surface area contributed by atoms with Crippen LogP contribution in [0.4, 0.5) is 18.9 Å². The molecular formula is C20H20F3NO2. The first-order chi connectivity index (χ1) is 12.3. The van der Waals surface area contributed by atoms with Crippen molar-refractivity contribution in [2.24, 2.45) is 0 Å². The Balaban J connectivity index is 1.85. The molecule has 0 N–H and O–H groups in total. The lowest BCUT2D eigenvalue weighted by molar-refractivity contribution is -0.137. The summed E-state index contributed by atoms with van der Waals surface area (Å²) in [4.78, 5) is 14.5.